The van der Waals surface area contributed by atoms with Crippen LogP contribution in [0.4, 0.5) is 11.4 Å². The topological polar surface area (TPSA) is 32.3 Å². The van der Waals surface area contributed by atoms with Crippen molar-refractivity contribution in [3.8, 4) is 0 Å². The molecule has 0 spiro atoms. The standard InChI is InChI=1S/C15H22N2O/c1-10(2)5-6-17-14-8-12(4)11(3)7-13(14)16-9-15(17)18/h7-8,10,16H,5-6,9H2,1-4H3. The molecule has 3 heteroatoms. The molecule has 1 aliphatic heterocycles. The first-order chi connectivity index (χ1) is 8.49. The van der Waals surface area contributed by atoms with Gasteiger partial charge in [0.25, 0.3) is 0 Å². The molecule has 1 aromatic carbocycles. The summed E-state index contributed by atoms with van der Waals surface area (Å²) < 4.78 is 0. The molecule has 0 atom stereocenters. The van der Waals surface area contributed by atoms with Crippen molar-refractivity contribution in [2.75, 3.05) is 23.3 Å². The molecule has 0 aliphatic carbocycles. The van der Waals surface area contributed by atoms with Gasteiger partial charge in [0.1, 0.15) is 0 Å². The number of nitrogens with zero attached hydrogens (tertiary/aromatic N) is 1. The van der Waals surface area contributed by atoms with Crippen molar-refractivity contribution in [2.24, 2.45) is 5.92 Å². The number of rotatable bonds is 3. The predicted molar refractivity (Wildman–Crippen MR) is 76.2 cm³/mol. The first-order valence-electron chi connectivity index (χ1n) is 6.64. The molecule has 1 amide bonds. The number of amides is 1. The summed E-state index contributed by atoms with van der Waals surface area (Å²) in [5.74, 6) is 0.786. The second-order valence-corrected chi connectivity index (χ2v) is 5.54. The van der Waals surface area contributed by atoms with Crippen molar-refractivity contribution in [1.29, 1.82) is 0 Å². The van der Waals surface area contributed by atoms with E-state index in [2.05, 4.69) is 45.1 Å². The largest absolute Gasteiger partial charge is 0.374 e. The summed E-state index contributed by atoms with van der Waals surface area (Å²) in [6.45, 7) is 9.80. The van der Waals surface area contributed by atoms with Crippen LogP contribution in [0.1, 0.15) is 31.4 Å². The van der Waals surface area contributed by atoms with Crippen LogP contribution in [0.25, 0.3) is 0 Å². The van der Waals surface area contributed by atoms with Gasteiger partial charge in [0, 0.05) is 6.54 Å². The molecule has 0 saturated heterocycles. The third-order valence-electron chi connectivity index (χ3n) is 3.56. The van der Waals surface area contributed by atoms with Crippen molar-refractivity contribution in [2.45, 2.75) is 34.1 Å². The number of benzene rings is 1. The summed E-state index contributed by atoms with van der Waals surface area (Å²) in [6, 6.07) is 4.26. The van der Waals surface area contributed by atoms with E-state index in [0.717, 1.165) is 24.3 Å². The van der Waals surface area contributed by atoms with Crippen LogP contribution < -0.4 is 10.2 Å². The highest BCUT2D eigenvalue weighted by atomic mass is 16.2. The maximum Gasteiger partial charge on any atom is 0.246 e. The van der Waals surface area contributed by atoms with Gasteiger partial charge in [0.15, 0.2) is 0 Å². The number of nitrogens with one attached hydrogen (secondary N) is 1. The lowest BCUT2D eigenvalue weighted by Crippen LogP contribution is -2.40. The van der Waals surface area contributed by atoms with Crippen LogP contribution in [0.15, 0.2) is 12.1 Å². The molecular weight excluding hydrogens is 224 g/mol. The molecule has 18 heavy (non-hydrogen) atoms. The van der Waals surface area contributed by atoms with Crippen LogP contribution in [0.3, 0.4) is 0 Å². The smallest absolute Gasteiger partial charge is 0.246 e. The van der Waals surface area contributed by atoms with Crippen LogP contribution in [-0.4, -0.2) is 19.0 Å². The molecule has 0 aromatic heterocycles. The zero-order chi connectivity index (χ0) is 13.3. The highest BCUT2D eigenvalue weighted by Crippen LogP contribution is 2.32. The Bertz CT molecular complexity index is 466. The zero-order valence-corrected chi connectivity index (χ0v) is 11.7. The van der Waals surface area contributed by atoms with E-state index in [1.165, 1.54) is 11.1 Å². The molecule has 1 N–H and O–H groups in total. The lowest BCUT2D eigenvalue weighted by atomic mass is 10.0. The summed E-state index contributed by atoms with van der Waals surface area (Å²) in [4.78, 5) is 14.0. The average Bonchev–Trinajstić information content (AvgIpc) is 2.30. The monoisotopic (exact) mass is 246 g/mol. The van der Waals surface area contributed by atoms with Crippen molar-refractivity contribution in [1.82, 2.24) is 0 Å². The number of fused-ring (bicyclic) bond motifs is 1. The van der Waals surface area contributed by atoms with Gasteiger partial charge in [0.05, 0.1) is 17.9 Å². The summed E-state index contributed by atoms with van der Waals surface area (Å²) in [5.41, 5.74) is 4.62. The van der Waals surface area contributed by atoms with Gasteiger partial charge < -0.3 is 10.2 Å². The summed E-state index contributed by atoms with van der Waals surface area (Å²) in [6.07, 6.45) is 1.04. The van der Waals surface area contributed by atoms with E-state index in [0.29, 0.717) is 12.5 Å². The minimum atomic E-state index is 0.173. The van der Waals surface area contributed by atoms with Gasteiger partial charge >= 0.3 is 0 Å². The van der Waals surface area contributed by atoms with E-state index < -0.39 is 0 Å². The van der Waals surface area contributed by atoms with Gasteiger partial charge in [-0.05, 0) is 49.4 Å². The molecule has 0 fully saturated rings. The predicted octanol–water partition coefficient (Wildman–Crippen LogP) is 3.11. The van der Waals surface area contributed by atoms with E-state index in [4.69, 9.17) is 0 Å². The fraction of sp³-hybridized carbons (Fsp3) is 0.533. The fourth-order valence-corrected chi connectivity index (χ4v) is 2.20. The van der Waals surface area contributed by atoms with Crippen LogP contribution in [0.5, 0.6) is 0 Å². The molecule has 1 heterocycles. The van der Waals surface area contributed by atoms with Gasteiger partial charge in [-0.2, -0.15) is 0 Å². The molecule has 0 bridgehead atoms. The van der Waals surface area contributed by atoms with Crippen molar-refractivity contribution in [3.63, 3.8) is 0 Å². The van der Waals surface area contributed by atoms with E-state index >= 15 is 0 Å². The van der Waals surface area contributed by atoms with E-state index in [9.17, 15) is 4.79 Å². The first-order valence-corrected chi connectivity index (χ1v) is 6.64. The minimum Gasteiger partial charge on any atom is -0.374 e. The van der Waals surface area contributed by atoms with E-state index in [-0.39, 0.29) is 5.91 Å². The van der Waals surface area contributed by atoms with E-state index in [1.807, 2.05) is 4.90 Å². The van der Waals surface area contributed by atoms with Gasteiger partial charge in [-0.3, -0.25) is 4.79 Å². The quantitative estimate of drug-likeness (QED) is 0.888. The van der Waals surface area contributed by atoms with Gasteiger partial charge in [-0.1, -0.05) is 13.8 Å². The van der Waals surface area contributed by atoms with Crippen LogP contribution in [0, 0.1) is 19.8 Å². The zero-order valence-electron chi connectivity index (χ0n) is 11.7. The number of hydrogen-bond acceptors (Lipinski definition) is 2. The Morgan fingerprint density at radius 3 is 2.61 bits per heavy atom. The molecule has 2 rings (SSSR count). The Morgan fingerprint density at radius 1 is 1.28 bits per heavy atom. The normalized spacial score (nSPS) is 14.7. The SMILES string of the molecule is Cc1cc2c(cc1C)N(CCC(C)C)C(=O)CN2. The Labute approximate surface area is 109 Å². The fourth-order valence-electron chi connectivity index (χ4n) is 2.20. The molecule has 0 radical (unpaired) electrons. The molecule has 0 saturated carbocycles. The number of anilines is 2. The van der Waals surface area contributed by atoms with Crippen LogP contribution >= 0.6 is 0 Å². The number of hydrogen-bond donors (Lipinski definition) is 1. The highest BCUT2D eigenvalue weighted by molar-refractivity contribution is 6.02. The summed E-state index contributed by atoms with van der Waals surface area (Å²) in [7, 11) is 0. The third-order valence-corrected chi connectivity index (χ3v) is 3.56. The molecule has 1 aromatic rings. The van der Waals surface area contributed by atoms with Gasteiger partial charge in [-0.25, -0.2) is 0 Å². The van der Waals surface area contributed by atoms with Gasteiger partial charge in [-0.15, -0.1) is 0 Å². The first kappa shape index (κ1) is 12.9. The number of carbonyl (C=O) groups is 1. The Balaban J connectivity index is 2.31. The Morgan fingerprint density at radius 2 is 1.94 bits per heavy atom. The van der Waals surface area contributed by atoms with Crippen LogP contribution in [-0.2, 0) is 4.79 Å². The molecular formula is C15H22N2O. The second kappa shape index (κ2) is 5.01. The Kier molecular flexibility index (Phi) is 3.60. The lowest BCUT2D eigenvalue weighted by Gasteiger charge is -2.31. The third kappa shape index (κ3) is 2.50. The highest BCUT2D eigenvalue weighted by Gasteiger charge is 2.24. The number of carbonyl (C=O) groups excluding carboxylic acids is 1. The molecule has 98 valence electrons. The lowest BCUT2D eigenvalue weighted by molar-refractivity contribution is -0.117. The maximum atomic E-state index is 12.0. The van der Waals surface area contributed by atoms with Crippen LogP contribution in [0.2, 0.25) is 0 Å². The van der Waals surface area contributed by atoms with Crippen molar-refractivity contribution in [3.05, 3.63) is 23.3 Å². The molecule has 0 unspecified atom stereocenters. The molecule has 1 aliphatic rings. The van der Waals surface area contributed by atoms with Gasteiger partial charge in [0.2, 0.25) is 5.91 Å². The average molecular weight is 246 g/mol. The maximum absolute atomic E-state index is 12.0. The minimum absolute atomic E-state index is 0.173. The second-order valence-electron chi connectivity index (χ2n) is 5.54. The number of aryl methyl sites for hydroxylation is 2. The Hall–Kier alpha value is -1.51. The summed E-state index contributed by atoms with van der Waals surface area (Å²) >= 11 is 0. The summed E-state index contributed by atoms with van der Waals surface area (Å²) in [5, 5.41) is 3.21. The van der Waals surface area contributed by atoms with E-state index in [1.54, 1.807) is 0 Å². The van der Waals surface area contributed by atoms with Crippen molar-refractivity contribution >= 4 is 17.3 Å². The van der Waals surface area contributed by atoms with Crippen molar-refractivity contribution < 1.29 is 4.79 Å². The molecule has 3 nitrogen and oxygen atoms in total.